The largest absolute Gasteiger partial charge is 0.453 e. The number of benzene rings is 2. The molecule has 3 aromatic rings. The van der Waals surface area contributed by atoms with Gasteiger partial charge in [0.1, 0.15) is 18.7 Å². The second-order valence-corrected chi connectivity index (χ2v) is 14.7. The topological polar surface area (TPSA) is 199 Å². The van der Waals surface area contributed by atoms with Crippen LogP contribution < -0.4 is 21.4 Å². The molecule has 2 aromatic carbocycles. The number of nitrogens with one attached hydrogen (secondary N) is 4. The van der Waals surface area contributed by atoms with E-state index in [0.717, 1.165) is 5.01 Å². The van der Waals surface area contributed by atoms with Gasteiger partial charge in [0.25, 0.3) is 5.91 Å². The van der Waals surface area contributed by atoms with Crippen molar-refractivity contribution in [1.82, 2.24) is 31.4 Å². The van der Waals surface area contributed by atoms with Gasteiger partial charge in [-0.05, 0) is 40.5 Å². The van der Waals surface area contributed by atoms with Gasteiger partial charge in [0.2, 0.25) is 5.91 Å². The van der Waals surface area contributed by atoms with Gasteiger partial charge in [-0.1, -0.05) is 102 Å². The van der Waals surface area contributed by atoms with Gasteiger partial charge >= 0.3 is 12.2 Å². The fourth-order valence-electron chi connectivity index (χ4n) is 5.69. The molecular weight excluding hydrogens is 773 g/mol. The summed E-state index contributed by atoms with van der Waals surface area (Å²) in [5.41, 5.74) is -0.565. The van der Waals surface area contributed by atoms with Crippen molar-refractivity contribution >= 4 is 24.0 Å². The van der Waals surface area contributed by atoms with Crippen molar-refractivity contribution < 1.29 is 64.4 Å². The number of methoxy groups -OCH3 is 2. The Labute approximate surface area is 370 Å². The molecular formula is C44H64N6O10. The standard InChI is InChI=1S/C44H64N6O10/c1-43(2,3)37(48-42(55)60-27-26-59-25-24-58-23-22-56-7)39(52)46-35(28-31-14-10-9-11-15-31)36(51)30-50(49-40(53)38(44(4,5)6)47-41(54)57-8)29-32-17-19-33(20-18-32)34-16-12-13-21-45-34/h9-21,35-38,51H,22-30H2,1-8H3,(H,46,52)(H,47,54)(H,48,55)(H,49,53)/t35-,36-,37+,38+/m0/s1/i4D3,5D3,6D3,8D3. The van der Waals surface area contributed by atoms with Crippen molar-refractivity contribution in [2.45, 2.75) is 78.5 Å². The molecule has 5 N–H and O–H groups in total. The van der Waals surface area contributed by atoms with E-state index in [4.69, 9.17) is 35.4 Å². The fourth-order valence-corrected chi connectivity index (χ4v) is 5.69. The molecule has 0 aliphatic rings. The highest BCUT2D eigenvalue weighted by Gasteiger charge is 2.37. The van der Waals surface area contributed by atoms with Crippen LogP contribution >= 0.6 is 0 Å². The third-order valence-corrected chi connectivity index (χ3v) is 8.76. The number of hydrazine groups is 1. The van der Waals surface area contributed by atoms with Gasteiger partial charge in [0, 0.05) is 44.3 Å². The Morgan fingerprint density at radius 1 is 0.750 bits per heavy atom. The molecule has 0 radical (unpaired) electrons. The highest BCUT2D eigenvalue weighted by Crippen LogP contribution is 2.23. The van der Waals surface area contributed by atoms with E-state index in [1.54, 1.807) is 112 Å². The van der Waals surface area contributed by atoms with Gasteiger partial charge in [-0.15, -0.1) is 0 Å². The van der Waals surface area contributed by atoms with E-state index in [0.29, 0.717) is 35.6 Å². The van der Waals surface area contributed by atoms with Crippen LogP contribution in [0.5, 0.6) is 0 Å². The highest BCUT2D eigenvalue weighted by molar-refractivity contribution is 5.87. The lowest BCUT2D eigenvalue weighted by atomic mass is 9.85. The number of carbonyl (C=O) groups excluding carboxylic acids is 4. The first-order valence-corrected chi connectivity index (χ1v) is 19.1. The summed E-state index contributed by atoms with van der Waals surface area (Å²) in [6.45, 7) is -7.25. The van der Waals surface area contributed by atoms with E-state index in [1.807, 2.05) is 0 Å². The summed E-state index contributed by atoms with van der Waals surface area (Å²) in [4.78, 5) is 59.2. The van der Waals surface area contributed by atoms with Crippen LogP contribution in [0.1, 0.15) is 68.9 Å². The number of carbonyl (C=O) groups is 4. The SMILES string of the molecule is [2H]C([2H])([2H])OC(=O)N[C@H](C(=O)NN(Cc1ccc(-c2ccccn2)cc1)C[C@H](O)[C@H](Cc1ccccc1)NC(=O)[C@@H](NC(=O)OCCOCCOCCOC)C(C)(C)C)C(C([2H])([2H])[2H])(C([2H])([2H])[2H])C([2H])([2H])[2H]. The lowest BCUT2D eigenvalue weighted by Gasteiger charge is -2.35. The maximum absolute atomic E-state index is 14.6. The average Bonchev–Trinajstić information content (AvgIpc) is 3.25. The summed E-state index contributed by atoms with van der Waals surface area (Å²) < 4.78 is 122. The number of nitrogens with zero attached hydrogens (tertiary/aromatic N) is 2. The number of aliphatic hydroxyl groups excluding tert-OH is 1. The van der Waals surface area contributed by atoms with E-state index in [1.165, 1.54) is 0 Å². The van der Waals surface area contributed by atoms with E-state index >= 15 is 0 Å². The van der Waals surface area contributed by atoms with E-state index < -0.39 is 99.7 Å². The second-order valence-electron chi connectivity index (χ2n) is 14.7. The van der Waals surface area contributed by atoms with E-state index in [-0.39, 0.29) is 32.8 Å². The molecule has 16 heteroatoms. The minimum atomic E-state index is -4.12. The number of amides is 4. The summed E-state index contributed by atoms with van der Waals surface area (Å²) in [7, 11) is -1.99. The number of aliphatic hydroxyl groups is 1. The Balaban J connectivity index is 2.08. The molecule has 4 atom stereocenters. The van der Waals surface area contributed by atoms with Crippen LogP contribution in [0.4, 0.5) is 9.59 Å². The first-order chi connectivity index (χ1) is 33.4. The van der Waals surface area contributed by atoms with Crippen molar-refractivity contribution in [1.29, 1.82) is 0 Å². The quantitative estimate of drug-likeness (QED) is 0.0673. The zero-order valence-corrected chi connectivity index (χ0v) is 34.2. The molecule has 0 saturated carbocycles. The molecule has 0 aliphatic carbocycles. The van der Waals surface area contributed by atoms with E-state index in [9.17, 15) is 24.3 Å². The number of alkyl carbamates (subject to hydrolysis) is 2. The summed E-state index contributed by atoms with van der Waals surface area (Å²) in [5, 5.41) is 20.1. The maximum atomic E-state index is 14.6. The first kappa shape index (κ1) is 33.6. The second kappa shape index (κ2) is 24.8. The van der Waals surface area contributed by atoms with Crippen molar-refractivity contribution in [3.63, 3.8) is 0 Å². The van der Waals surface area contributed by atoms with Gasteiger partial charge in [-0.2, -0.15) is 0 Å². The third-order valence-electron chi connectivity index (χ3n) is 8.76. The molecule has 16 nitrogen and oxygen atoms in total. The van der Waals surface area contributed by atoms with Gasteiger partial charge in [0.05, 0.1) is 62.0 Å². The van der Waals surface area contributed by atoms with E-state index in [2.05, 4.69) is 25.8 Å². The predicted octanol–water partition coefficient (Wildman–Crippen LogP) is 4.26. The van der Waals surface area contributed by atoms with Crippen molar-refractivity contribution in [2.75, 3.05) is 60.3 Å². The number of hydrogen-bond donors (Lipinski definition) is 5. The molecule has 0 spiro atoms. The summed E-state index contributed by atoms with van der Waals surface area (Å²) in [5.74, 6) is -2.56. The zero-order chi connectivity index (χ0) is 54.1. The predicted molar refractivity (Wildman–Crippen MR) is 226 cm³/mol. The molecule has 1 aromatic heterocycles. The Kier molecular flexibility index (Phi) is 13.9. The molecule has 0 fully saturated rings. The van der Waals surface area contributed by atoms with Crippen LogP contribution in [0, 0.1) is 10.8 Å². The molecule has 4 amide bonds. The van der Waals surface area contributed by atoms with Crippen LogP contribution in [-0.2, 0) is 46.2 Å². The number of aromatic nitrogens is 1. The maximum Gasteiger partial charge on any atom is 0.407 e. The van der Waals surface area contributed by atoms with Crippen molar-refractivity contribution in [3.8, 4) is 11.3 Å². The van der Waals surface area contributed by atoms with Gasteiger partial charge < -0.3 is 44.7 Å². The smallest absolute Gasteiger partial charge is 0.407 e. The van der Waals surface area contributed by atoms with Gasteiger partial charge in [-0.3, -0.25) is 20.0 Å². The summed E-state index contributed by atoms with van der Waals surface area (Å²) in [6.07, 6.45) is -3.22. The zero-order valence-electron chi connectivity index (χ0n) is 46.2. The minimum absolute atomic E-state index is 0.0208. The first-order valence-electron chi connectivity index (χ1n) is 25.1. The number of hydrogen-bond acceptors (Lipinski definition) is 12. The minimum Gasteiger partial charge on any atom is -0.453 e. The molecule has 0 unspecified atom stereocenters. The normalized spacial score (nSPS) is 17.5. The lowest BCUT2D eigenvalue weighted by molar-refractivity contribution is -0.132. The van der Waals surface area contributed by atoms with Gasteiger partial charge in [0.15, 0.2) is 0 Å². The van der Waals surface area contributed by atoms with Crippen LogP contribution in [0.15, 0.2) is 79.0 Å². The van der Waals surface area contributed by atoms with Crippen molar-refractivity contribution in [3.05, 3.63) is 90.1 Å². The molecule has 0 saturated heterocycles. The van der Waals surface area contributed by atoms with Gasteiger partial charge in [-0.25, -0.2) is 14.6 Å². The Morgan fingerprint density at radius 3 is 2.00 bits per heavy atom. The van der Waals surface area contributed by atoms with Crippen LogP contribution in [0.2, 0.25) is 0 Å². The molecule has 3 rings (SSSR count). The Hall–Kier alpha value is -5.13. The van der Waals surface area contributed by atoms with Crippen molar-refractivity contribution in [2.24, 2.45) is 10.8 Å². The monoisotopic (exact) mass is 849 g/mol. The summed E-state index contributed by atoms with van der Waals surface area (Å²) in [6, 6.07) is 14.7. The molecule has 0 bridgehead atoms. The highest BCUT2D eigenvalue weighted by atomic mass is 16.6. The van der Waals surface area contributed by atoms with Crippen LogP contribution in [0.3, 0.4) is 0 Å². The third kappa shape index (κ3) is 17.6. The Bertz CT molecular complexity index is 2130. The number of pyridine rings is 1. The number of rotatable bonds is 23. The van der Waals surface area contributed by atoms with Crippen LogP contribution in [0.25, 0.3) is 11.3 Å². The number of ether oxygens (including phenoxy) is 5. The lowest BCUT2D eigenvalue weighted by Crippen LogP contribution is -2.61. The molecule has 60 heavy (non-hydrogen) atoms. The van der Waals surface area contributed by atoms with Crippen LogP contribution in [-0.4, -0.2) is 124 Å². The Morgan fingerprint density at radius 2 is 1.38 bits per heavy atom. The average molecular weight is 849 g/mol. The molecule has 330 valence electrons. The molecule has 0 aliphatic heterocycles. The summed E-state index contributed by atoms with van der Waals surface area (Å²) >= 11 is 0. The fraction of sp³-hybridized carbons (Fsp3) is 0.523. The molecule has 1 heterocycles.